The molecule has 0 bridgehead atoms. The largest absolute Gasteiger partial charge is 0.456 e. The number of ether oxygens (including phenoxy) is 6. The highest BCUT2D eigenvalue weighted by atomic mass is 16.8. The van der Waals surface area contributed by atoms with Crippen LogP contribution >= 0.6 is 0 Å². The topological polar surface area (TPSA) is 124 Å². The molecular formula is C17H24O10. The molecule has 0 amide bonds. The molecule has 27 heavy (non-hydrogen) atoms. The Balaban J connectivity index is 2.52. The number of fused-ring (bicyclic) bond motifs is 1. The van der Waals surface area contributed by atoms with Gasteiger partial charge in [-0.25, -0.2) is 0 Å². The van der Waals surface area contributed by atoms with Crippen LogP contribution in [0.15, 0.2) is 0 Å². The first-order chi connectivity index (χ1) is 12.4. The third kappa shape index (κ3) is 4.95. The summed E-state index contributed by atoms with van der Waals surface area (Å²) >= 11 is 0. The second-order valence-electron chi connectivity index (χ2n) is 6.86. The number of rotatable bonds is 4. The van der Waals surface area contributed by atoms with Gasteiger partial charge in [-0.15, -0.1) is 0 Å². The van der Waals surface area contributed by atoms with Gasteiger partial charge in [0.05, 0.1) is 0 Å². The van der Waals surface area contributed by atoms with Crippen LogP contribution in [0, 0.1) is 0 Å². The minimum absolute atomic E-state index is 0.656. The highest BCUT2D eigenvalue weighted by molar-refractivity contribution is 5.69. The normalized spacial score (nSPS) is 34.1. The molecule has 0 radical (unpaired) electrons. The van der Waals surface area contributed by atoms with Crippen LogP contribution in [0.25, 0.3) is 0 Å². The van der Waals surface area contributed by atoms with Gasteiger partial charge in [0, 0.05) is 27.7 Å². The summed E-state index contributed by atoms with van der Waals surface area (Å²) in [4.78, 5) is 46.5. The Kier molecular flexibility index (Phi) is 6.10. The van der Waals surface area contributed by atoms with Gasteiger partial charge in [0.1, 0.15) is 12.2 Å². The molecule has 6 unspecified atom stereocenters. The lowest BCUT2D eigenvalue weighted by atomic mass is 9.84. The minimum Gasteiger partial charge on any atom is -0.456 e. The van der Waals surface area contributed by atoms with E-state index in [-0.39, 0.29) is 0 Å². The fourth-order valence-corrected chi connectivity index (χ4v) is 3.38. The molecule has 152 valence electrons. The summed E-state index contributed by atoms with van der Waals surface area (Å²) in [6.07, 6.45) is -6.59. The van der Waals surface area contributed by atoms with Gasteiger partial charge in [0.25, 0.3) is 0 Å². The van der Waals surface area contributed by atoms with Gasteiger partial charge in [-0.2, -0.15) is 0 Å². The molecule has 2 rings (SSSR count). The molecule has 10 nitrogen and oxygen atoms in total. The molecule has 1 saturated carbocycles. The molecule has 1 aliphatic carbocycles. The zero-order chi connectivity index (χ0) is 20.5. The lowest BCUT2D eigenvalue weighted by Gasteiger charge is -2.44. The van der Waals surface area contributed by atoms with Gasteiger partial charge in [0.2, 0.25) is 0 Å². The van der Waals surface area contributed by atoms with E-state index in [2.05, 4.69) is 0 Å². The third-order valence-electron chi connectivity index (χ3n) is 3.99. The monoisotopic (exact) mass is 388 g/mol. The number of esters is 4. The Labute approximate surface area is 156 Å². The molecule has 1 saturated heterocycles. The van der Waals surface area contributed by atoms with E-state index in [0.717, 1.165) is 13.8 Å². The second-order valence-corrected chi connectivity index (χ2v) is 6.86. The summed E-state index contributed by atoms with van der Waals surface area (Å²) < 4.78 is 32.9. The van der Waals surface area contributed by atoms with Crippen LogP contribution in [0.3, 0.4) is 0 Å². The van der Waals surface area contributed by atoms with Crippen LogP contribution in [0.4, 0.5) is 0 Å². The molecule has 0 spiro atoms. The molecule has 0 aromatic rings. The minimum atomic E-state index is -1.25. The zero-order valence-electron chi connectivity index (χ0n) is 16.0. The van der Waals surface area contributed by atoms with E-state index in [1.807, 2.05) is 0 Å². The Hall–Kier alpha value is -2.20. The molecule has 2 fully saturated rings. The number of hydrogen-bond acceptors (Lipinski definition) is 10. The summed E-state index contributed by atoms with van der Waals surface area (Å²) in [5.74, 6) is -3.81. The zero-order valence-corrected chi connectivity index (χ0v) is 16.0. The van der Waals surface area contributed by atoms with Crippen LogP contribution in [0.5, 0.6) is 0 Å². The predicted octanol–water partition coefficient (Wildman–Crippen LogP) is 0.247. The van der Waals surface area contributed by atoms with Crippen molar-refractivity contribution in [2.75, 3.05) is 0 Å². The quantitative estimate of drug-likeness (QED) is 0.489. The summed E-state index contributed by atoms with van der Waals surface area (Å²) in [7, 11) is 0. The van der Waals surface area contributed by atoms with Crippen molar-refractivity contribution < 1.29 is 47.6 Å². The molecule has 1 aliphatic heterocycles. The molecule has 0 aromatic heterocycles. The summed E-state index contributed by atoms with van der Waals surface area (Å²) in [6.45, 7) is 7.92. The Morgan fingerprint density at radius 2 is 0.852 bits per heavy atom. The highest BCUT2D eigenvalue weighted by Gasteiger charge is 2.63. The number of hydrogen-bond donors (Lipinski definition) is 0. The molecular weight excluding hydrogens is 364 g/mol. The van der Waals surface area contributed by atoms with E-state index >= 15 is 0 Å². The lowest BCUT2D eigenvalue weighted by molar-refractivity contribution is -0.234. The van der Waals surface area contributed by atoms with Gasteiger partial charge < -0.3 is 28.4 Å². The smallest absolute Gasteiger partial charge is 0.303 e. The SMILES string of the molecule is CC(=O)OC1C(OC(C)=O)C(OC(C)=O)C2OC(C)(C)OC2C1OC(C)=O. The molecule has 2 aliphatic rings. The average molecular weight is 388 g/mol. The van der Waals surface area contributed by atoms with Gasteiger partial charge in [0.15, 0.2) is 30.2 Å². The van der Waals surface area contributed by atoms with Gasteiger partial charge >= 0.3 is 23.9 Å². The van der Waals surface area contributed by atoms with Crippen LogP contribution in [0.1, 0.15) is 41.5 Å². The van der Waals surface area contributed by atoms with Crippen molar-refractivity contribution in [1.82, 2.24) is 0 Å². The van der Waals surface area contributed by atoms with E-state index in [1.165, 1.54) is 13.8 Å². The Morgan fingerprint density at radius 3 is 1.11 bits per heavy atom. The van der Waals surface area contributed by atoms with Crippen molar-refractivity contribution in [3.8, 4) is 0 Å². The maximum Gasteiger partial charge on any atom is 0.303 e. The fraction of sp³-hybridized carbons (Fsp3) is 0.765. The maximum absolute atomic E-state index is 11.6. The number of carbonyl (C=O) groups excluding carboxylic acids is 4. The Bertz CT molecular complexity index is 575. The molecule has 6 atom stereocenters. The van der Waals surface area contributed by atoms with Crippen LogP contribution in [0.2, 0.25) is 0 Å². The molecule has 10 heteroatoms. The van der Waals surface area contributed by atoms with Crippen molar-refractivity contribution >= 4 is 23.9 Å². The first-order valence-corrected chi connectivity index (χ1v) is 8.46. The van der Waals surface area contributed by atoms with E-state index in [1.54, 1.807) is 13.8 Å². The maximum atomic E-state index is 11.6. The number of carbonyl (C=O) groups is 4. The van der Waals surface area contributed by atoms with Gasteiger partial charge in [-0.3, -0.25) is 19.2 Å². The summed E-state index contributed by atoms with van der Waals surface area (Å²) in [5, 5.41) is 0. The third-order valence-corrected chi connectivity index (χ3v) is 3.99. The van der Waals surface area contributed by atoms with Crippen LogP contribution < -0.4 is 0 Å². The lowest BCUT2D eigenvalue weighted by Crippen LogP contribution is -2.66. The first-order valence-electron chi connectivity index (χ1n) is 8.46. The van der Waals surface area contributed by atoms with Crippen molar-refractivity contribution in [3.63, 3.8) is 0 Å². The first kappa shape index (κ1) is 21.1. The van der Waals surface area contributed by atoms with Crippen LogP contribution in [-0.2, 0) is 47.6 Å². The second kappa shape index (κ2) is 7.81. The van der Waals surface area contributed by atoms with Crippen molar-refractivity contribution in [3.05, 3.63) is 0 Å². The van der Waals surface area contributed by atoms with Crippen molar-refractivity contribution in [2.45, 2.75) is 84.0 Å². The fourth-order valence-electron chi connectivity index (χ4n) is 3.38. The van der Waals surface area contributed by atoms with Crippen molar-refractivity contribution in [2.24, 2.45) is 0 Å². The van der Waals surface area contributed by atoms with E-state index < -0.39 is 66.3 Å². The molecule has 0 N–H and O–H groups in total. The molecule has 1 heterocycles. The van der Waals surface area contributed by atoms with Crippen LogP contribution in [-0.4, -0.2) is 66.3 Å². The van der Waals surface area contributed by atoms with Gasteiger partial charge in [-0.05, 0) is 13.8 Å². The standard InChI is InChI=1S/C17H24O10/c1-7(18)22-11-12(23-8(2)19)14(25-10(4)21)16-15(13(11)24-9(3)20)26-17(5,6)27-16/h11-16H,1-6H3. The molecule has 0 aromatic carbocycles. The average Bonchev–Trinajstić information content (AvgIpc) is 2.80. The van der Waals surface area contributed by atoms with Gasteiger partial charge in [-0.1, -0.05) is 0 Å². The summed E-state index contributed by atoms with van der Waals surface area (Å²) in [5.41, 5.74) is 0. The summed E-state index contributed by atoms with van der Waals surface area (Å²) in [6, 6.07) is 0. The van der Waals surface area contributed by atoms with E-state index in [4.69, 9.17) is 28.4 Å². The highest BCUT2D eigenvalue weighted by Crippen LogP contribution is 2.41. The van der Waals surface area contributed by atoms with E-state index in [9.17, 15) is 19.2 Å². The van der Waals surface area contributed by atoms with Crippen molar-refractivity contribution in [1.29, 1.82) is 0 Å². The Morgan fingerprint density at radius 1 is 0.593 bits per heavy atom. The van der Waals surface area contributed by atoms with E-state index in [0.29, 0.717) is 0 Å². The predicted molar refractivity (Wildman–Crippen MR) is 86.0 cm³/mol.